The van der Waals surface area contributed by atoms with Crippen LogP contribution in [0.5, 0.6) is 5.75 Å². The van der Waals surface area contributed by atoms with Gasteiger partial charge in [-0.2, -0.15) is 0 Å². The molecule has 6 nitrogen and oxygen atoms in total. The minimum absolute atomic E-state index is 0.125. The summed E-state index contributed by atoms with van der Waals surface area (Å²) < 4.78 is 11.6. The lowest BCUT2D eigenvalue weighted by molar-refractivity contribution is -0.115. The van der Waals surface area contributed by atoms with Crippen molar-refractivity contribution in [1.29, 1.82) is 0 Å². The number of hydrogen-bond donors (Lipinski definition) is 1. The molecule has 2 aromatic heterocycles. The molecule has 7 heteroatoms. The SMILES string of the molecule is Cc1ccc(NC(=O)Cc2csc(-c3cccnc3)n2)c(OCC2CCCO2)c1. The fraction of sp³-hybridized carbons (Fsp3) is 0.318. The van der Waals surface area contributed by atoms with Crippen molar-refractivity contribution in [2.75, 3.05) is 18.5 Å². The lowest BCUT2D eigenvalue weighted by Crippen LogP contribution is -2.19. The lowest BCUT2D eigenvalue weighted by Gasteiger charge is -2.16. The topological polar surface area (TPSA) is 73.3 Å². The second kappa shape index (κ2) is 9.15. The van der Waals surface area contributed by atoms with Crippen LogP contribution < -0.4 is 10.1 Å². The van der Waals surface area contributed by atoms with Crippen molar-refractivity contribution in [3.05, 3.63) is 59.4 Å². The molecule has 1 aliphatic rings. The second-order valence-corrected chi connectivity index (χ2v) is 7.91. The first kappa shape index (κ1) is 19.5. The Balaban J connectivity index is 1.40. The number of carbonyl (C=O) groups is 1. The zero-order chi connectivity index (χ0) is 20.1. The average Bonchev–Trinajstić information content (AvgIpc) is 3.41. The van der Waals surface area contributed by atoms with E-state index in [4.69, 9.17) is 9.47 Å². The van der Waals surface area contributed by atoms with Gasteiger partial charge in [0.25, 0.3) is 0 Å². The maximum absolute atomic E-state index is 12.6. The van der Waals surface area contributed by atoms with Gasteiger partial charge < -0.3 is 14.8 Å². The highest BCUT2D eigenvalue weighted by Gasteiger charge is 2.18. The summed E-state index contributed by atoms with van der Waals surface area (Å²) in [7, 11) is 0. The van der Waals surface area contributed by atoms with Crippen molar-refractivity contribution in [2.45, 2.75) is 32.3 Å². The van der Waals surface area contributed by atoms with E-state index < -0.39 is 0 Å². The van der Waals surface area contributed by atoms with E-state index in [0.717, 1.165) is 41.3 Å². The number of rotatable bonds is 7. The van der Waals surface area contributed by atoms with Gasteiger partial charge in [0.1, 0.15) is 17.4 Å². The largest absolute Gasteiger partial charge is 0.489 e. The average molecular weight is 410 g/mol. The summed E-state index contributed by atoms with van der Waals surface area (Å²) in [5.74, 6) is 0.544. The quantitative estimate of drug-likeness (QED) is 0.631. The fourth-order valence-corrected chi connectivity index (χ4v) is 3.99. The number of hydrogen-bond acceptors (Lipinski definition) is 6. The first-order valence-corrected chi connectivity index (χ1v) is 10.5. The van der Waals surface area contributed by atoms with Crippen LogP contribution >= 0.6 is 11.3 Å². The number of amides is 1. The Bertz CT molecular complexity index is 968. The number of anilines is 1. The van der Waals surface area contributed by atoms with Crippen molar-refractivity contribution in [2.24, 2.45) is 0 Å². The molecule has 1 saturated heterocycles. The van der Waals surface area contributed by atoms with E-state index in [1.807, 2.05) is 42.6 Å². The predicted octanol–water partition coefficient (Wildman–Crippen LogP) is 4.25. The lowest BCUT2D eigenvalue weighted by atomic mass is 10.2. The molecule has 1 atom stereocenters. The number of carbonyl (C=O) groups excluding carboxylic acids is 1. The molecule has 1 fully saturated rings. The van der Waals surface area contributed by atoms with Gasteiger partial charge in [-0.1, -0.05) is 6.07 Å². The van der Waals surface area contributed by atoms with Crippen LogP contribution in [0, 0.1) is 6.92 Å². The third-order valence-corrected chi connectivity index (χ3v) is 5.60. The first-order chi connectivity index (χ1) is 14.2. The molecule has 1 N–H and O–H groups in total. The Morgan fingerprint density at radius 2 is 2.31 bits per heavy atom. The van der Waals surface area contributed by atoms with Gasteiger partial charge in [0.15, 0.2) is 0 Å². The summed E-state index contributed by atoms with van der Waals surface area (Å²) in [6.45, 7) is 3.28. The molecule has 0 bridgehead atoms. The molecule has 4 rings (SSSR count). The highest BCUT2D eigenvalue weighted by Crippen LogP contribution is 2.28. The Hall–Kier alpha value is -2.77. The molecule has 3 aromatic rings. The Labute approximate surface area is 173 Å². The molecule has 0 aliphatic carbocycles. The van der Waals surface area contributed by atoms with Gasteiger partial charge in [-0.05, 0) is 49.6 Å². The Morgan fingerprint density at radius 3 is 3.10 bits per heavy atom. The van der Waals surface area contributed by atoms with Crippen molar-refractivity contribution in [3.63, 3.8) is 0 Å². The number of nitrogens with one attached hydrogen (secondary N) is 1. The van der Waals surface area contributed by atoms with Crippen molar-refractivity contribution >= 4 is 22.9 Å². The number of pyridine rings is 1. The van der Waals surface area contributed by atoms with Crippen LogP contribution in [-0.4, -0.2) is 35.2 Å². The molecule has 150 valence electrons. The van der Waals surface area contributed by atoms with Crippen molar-refractivity contribution < 1.29 is 14.3 Å². The minimum Gasteiger partial charge on any atom is -0.489 e. The van der Waals surface area contributed by atoms with E-state index in [1.54, 1.807) is 12.4 Å². The minimum atomic E-state index is -0.126. The van der Waals surface area contributed by atoms with E-state index in [2.05, 4.69) is 15.3 Å². The van der Waals surface area contributed by atoms with Crippen LogP contribution in [-0.2, 0) is 16.0 Å². The number of ether oxygens (including phenoxy) is 2. The summed E-state index contributed by atoms with van der Waals surface area (Å²) >= 11 is 1.51. The van der Waals surface area contributed by atoms with Crippen LogP contribution in [0.4, 0.5) is 5.69 Å². The van der Waals surface area contributed by atoms with Gasteiger partial charge in [0.2, 0.25) is 5.91 Å². The Morgan fingerprint density at radius 1 is 1.38 bits per heavy atom. The monoisotopic (exact) mass is 409 g/mol. The molecule has 1 unspecified atom stereocenters. The van der Waals surface area contributed by atoms with Crippen molar-refractivity contribution in [3.8, 4) is 16.3 Å². The molecule has 0 spiro atoms. The molecule has 0 radical (unpaired) electrons. The van der Waals surface area contributed by atoms with Gasteiger partial charge in [-0.25, -0.2) is 4.98 Å². The number of thiazole rings is 1. The highest BCUT2D eigenvalue weighted by atomic mass is 32.1. The van der Waals surface area contributed by atoms with Gasteiger partial charge in [0.05, 0.1) is 23.9 Å². The van der Waals surface area contributed by atoms with Crippen molar-refractivity contribution in [1.82, 2.24) is 9.97 Å². The zero-order valence-electron chi connectivity index (χ0n) is 16.3. The summed E-state index contributed by atoms with van der Waals surface area (Å²) in [4.78, 5) is 21.3. The summed E-state index contributed by atoms with van der Waals surface area (Å²) in [6, 6.07) is 9.60. The number of aromatic nitrogens is 2. The standard InChI is InChI=1S/C22H23N3O3S/c1-15-6-7-19(20(10-15)28-13-18-5-3-9-27-18)25-21(26)11-17-14-29-22(24-17)16-4-2-8-23-12-16/h2,4,6-8,10,12,14,18H,3,5,9,11,13H2,1H3,(H,25,26). The van der Waals surface area contributed by atoms with E-state index >= 15 is 0 Å². The number of nitrogens with zero attached hydrogens (tertiary/aromatic N) is 2. The van der Waals surface area contributed by atoms with E-state index in [0.29, 0.717) is 18.0 Å². The molecule has 0 saturated carbocycles. The van der Waals surface area contributed by atoms with Gasteiger partial charge in [-0.15, -0.1) is 11.3 Å². The van der Waals surface area contributed by atoms with E-state index in [1.165, 1.54) is 11.3 Å². The van der Waals surface area contributed by atoms with E-state index in [-0.39, 0.29) is 18.4 Å². The molecular formula is C22H23N3O3S. The third-order valence-electron chi connectivity index (χ3n) is 4.66. The van der Waals surface area contributed by atoms with Crippen LogP contribution in [0.1, 0.15) is 24.1 Å². The predicted molar refractivity (Wildman–Crippen MR) is 113 cm³/mol. The number of aryl methyl sites for hydroxylation is 1. The van der Waals surface area contributed by atoms with Gasteiger partial charge >= 0.3 is 0 Å². The molecule has 1 amide bonds. The first-order valence-electron chi connectivity index (χ1n) is 9.67. The zero-order valence-corrected chi connectivity index (χ0v) is 17.1. The summed E-state index contributed by atoms with van der Waals surface area (Å²) in [5, 5.41) is 5.72. The summed E-state index contributed by atoms with van der Waals surface area (Å²) in [5.41, 5.74) is 3.43. The third kappa shape index (κ3) is 5.19. The maximum Gasteiger partial charge on any atom is 0.230 e. The second-order valence-electron chi connectivity index (χ2n) is 7.06. The normalized spacial score (nSPS) is 16.0. The number of benzene rings is 1. The molecule has 1 aromatic carbocycles. The van der Waals surface area contributed by atoms with Gasteiger partial charge in [-0.3, -0.25) is 9.78 Å². The summed E-state index contributed by atoms with van der Waals surface area (Å²) in [6.07, 6.45) is 5.91. The van der Waals surface area contributed by atoms with E-state index in [9.17, 15) is 4.79 Å². The fourth-order valence-electron chi connectivity index (χ4n) is 3.18. The maximum atomic E-state index is 12.6. The van der Waals surface area contributed by atoms with Crippen LogP contribution in [0.25, 0.3) is 10.6 Å². The molecule has 1 aliphatic heterocycles. The molecule has 29 heavy (non-hydrogen) atoms. The van der Waals surface area contributed by atoms with Crippen LogP contribution in [0.2, 0.25) is 0 Å². The highest BCUT2D eigenvalue weighted by molar-refractivity contribution is 7.13. The van der Waals surface area contributed by atoms with Crippen LogP contribution in [0.3, 0.4) is 0 Å². The van der Waals surface area contributed by atoms with Crippen LogP contribution in [0.15, 0.2) is 48.1 Å². The Kier molecular flexibility index (Phi) is 6.17. The van der Waals surface area contributed by atoms with Gasteiger partial charge in [0, 0.05) is 29.9 Å². The molecular weight excluding hydrogens is 386 g/mol. The molecule has 3 heterocycles. The smallest absolute Gasteiger partial charge is 0.230 e.